The predicted octanol–water partition coefficient (Wildman–Crippen LogP) is 3.51. The zero-order valence-corrected chi connectivity index (χ0v) is 15.5. The standard InChI is InChI=1S/C17H18N4O2S2/c1-11(14-4-3-9-24-14)18-15(22)10-25-17-19-16(20-21-17)12-5-7-13(23-2)8-6-12/h3-9,11H,10H2,1-2H3,(H,18,22)(H,19,20,21)/t11-/m0/s1. The van der Waals surface area contributed by atoms with E-state index in [9.17, 15) is 4.79 Å². The maximum absolute atomic E-state index is 12.1. The normalized spacial score (nSPS) is 11.9. The number of carbonyl (C=O) groups is 1. The first kappa shape index (κ1) is 17.5. The molecule has 1 amide bonds. The molecule has 1 atom stereocenters. The van der Waals surface area contributed by atoms with E-state index in [1.54, 1.807) is 18.4 Å². The van der Waals surface area contributed by atoms with Crippen molar-refractivity contribution < 1.29 is 9.53 Å². The molecule has 0 fully saturated rings. The second-order valence-electron chi connectivity index (χ2n) is 5.29. The lowest BCUT2D eigenvalue weighted by Gasteiger charge is -2.11. The largest absolute Gasteiger partial charge is 0.497 e. The number of aromatic amines is 1. The third-order valence-corrected chi connectivity index (χ3v) is 5.41. The molecule has 0 aliphatic heterocycles. The third-order valence-electron chi connectivity index (χ3n) is 3.51. The fraction of sp³-hybridized carbons (Fsp3) is 0.235. The first-order chi connectivity index (χ1) is 12.2. The Kier molecular flexibility index (Phi) is 5.72. The average Bonchev–Trinajstić information content (AvgIpc) is 3.32. The Bertz CT molecular complexity index is 816. The number of ether oxygens (including phenoxy) is 1. The molecule has 1 aromatic carbocycles. The lowest BCUT2D eigenvalue weighted by Crippen LogP contribution is -2.27. The molecule has 2 aromatic heterocycles. The predicted molar refractivity (Wildman–Crippen MR) is 100.0 cm³/mol. The van der Waals surface area contributed by atoms with Crippen LogP contribution < -0.4 is 10.1 Å². The number of amides is 1. The van der Waals surface area contributed by atoms with Crippen LogP contribution in [0.3, 0.4) is 0 Å². The van der Waals surface area contributed by atoms with Crippen molar-refractivity contribution >= 4 is 29.0 Å². The first-order valence-electron chi connectivity index (χ1n) is 7.68. The number of aromatic nitrogens is 3. The Labute approximate surface area is 154 Å². The van der Waals surface area contributed by atoms with Gasteiger partial charge in [-0.15, -0.1) is 16.4 Å². The van der Waals surface area contributed by atoms with Gasteiger partial charge in [-0.2, -0.15) is 0 Å². The highest BCUT2D eigenvalue weighted by atomic mass is 32.2. The maximum atomic E-state index is 12.1. The summed E-state index contributed by atoms with van der Waals surface area (Å²) >= 11 is 2.93. The van der Waals surface area contributed by atoms with Crippen LogP contribution in [0.1, 0.15) is 17.8 Å². The van der Waals surface area contributed by atoms with Crippen LogP contribution in [0.25, 0.3) is 11.4 Å². The van der Waals surface area contributed by atoms with Crippen LogP contribution in [-0.2, 0) is 4.79 Å². The van der Waals surface area contributed by atoms with Gasteiger partial charge in [0.05, 0.1) is 18.9 Å². The molecule has 0 unspecified atom stereocenters. The van der Waals surface area contributed by atoms with Crippen LogP contribution in [0.2, 0.25) is 0 Å². The van der Waals surface area contributed by atoms with Gasteiger partial charge in [0, 0.05) is 10.4 Å². The molecule has 0 aliphatic carbocycles. The Hall–Kier alpha value is -2.32. The van der Waals surface area contributed by atoms with E-state index >= 15 is 0 Å². The number of nitrogens with zero attached hydrogens (tertiary/aromatic N) is 2. The number of carbonyl (C=O) groups excluding carboxylic acids is 1. The Morgan fingerprint density at radius 2 is 2.16 bits per heavy atom. The zero-order valence-electron chi connectivity index (χ0n) is 13.9. The van der Waals surface area contributed by atoms with Crippen molar-refractivity contribution in [2.45, 2.75) is 18.1 Å². The Morgan fingerprint density at radius 1 is 1.36 bits per heavy atom. The SMILES string of the molecule is COc1ccc(-c2nc(SCC(=O)N[C@@H](C)c3cccs3)n[nH]2)cc1. The number of methoxy groups -OCH3 is 1. The highest BCUT2D eigenvalue weighted by molar-refractivity contribution is 7.99. The lowest BCUT2D eigenvalue weighted by atomic mass is 10.2. The van der Waals surface area contributed by atoms with Gasteiger partial charge in [-0.25, -0.2) is 4.98 Å². The average molecular weight is 374 g/mol. The molecule has 0 bridgehead atoms. The molecule has 130 valence electrons. The van der Waals surface area contributed by atoms with E-state index in [1.807, 2.05) is 48.7 Å². The van der Waals surface area contributed by atoms with Gasteiger partial charge in [-0.3, -0.25) is 9.89 Å². The quantitative estimate of drug-likeness (QED) is 0.619. The van der Waals surface area contributed by atoms with Gasteiger partial charge in [0.2, 0.25) is 11.1 Å². The van der Waals surface area contributed by atoms with E-state index < -0.39 is 0 Å². The summed E-state index contributed by atoms with van der Waals surface area (Å²) in [6.45, 7) is 1.98. The monoisotopic (exact) mass is 374 g/mol. The van der Waals surface area contributed by atoms with E-state index in [0.717, 1.165) is 16.2 Å². The molecule has 0 saturated carbocycles. The summed E-state index contributed by atoms with van der Waals surface area (Å²) in [5.74, 6) is 1.68. The number of thiophene rings is 1. The molecule has 6 nitrogen and oxygen atoms in total. The molecular formula is C17H18N4O2S2. The number of hydrogen-bond donors (Lipinski definition) is 2. The van der Waals surface area contributed by atoms with Gasteiger partial charge in [0.25, 0.3) is 0 Å². The van der Waals surface area contributed by atoms with Crippen molar-refractivity contribution in [3.8, 4) is 17.1 Å². The highest BCUT2D eigenvalue weighted by Gasteiger charge is 2.12. The molecule has 8 heteroatoms. The van der Waals surface area contributed by atoms with E-state index in [1.165, 1.54) is 11.8 Å². The zero-order chi connectivity index (χ0) is 17.6. The molecule has 2 N–H and O–H groups in total. The molecule has 2 heterocycles. The fourth-order valence-corrected chi connectivity index (χ4v) is 3.55. The van der Waals surface area contributed by atoms with E-state index in [0.29, 0.717) is 11.0 Å². The minimum absolute atomic E-state index is 0.00935. The summed E-state index contributed by atoms with van der Waals surface area (Å²) < 4.78 is 5.14. The van der Waals surface area contributed by atoms with Gasteiger partial charge in [-0.1, -0.05) is 17.8 Å². The topological polar surface area (TPSA) is 79.9 Å². The number of H-pyrrole nitrogens is 1. The van der Waals surface area contributed by atoms with Gasteiger partial charge < -0.3 is 10.1 Å². The van der Waals surface area contributed by atoms with E-state index in [4.69, 9.17) is 4.74 Å². The molecule has 0 spiro atoms. The Balaban J connectivity index is 1.53. The second kappa shape index (κ2) is 8.17. The van der Waals surface area contributed by atoms with Gasteiger partial charge >= 0.3 is 0 Å². The minimum atomic E-state index is -0.0401. The number of nitrogens with one attached hydrogen (secondary N) is 2. The van der Waals surface area contributed by atoms with Crippen molar-refractivity contribution in [2.75, 3.05) is 12.9 Å². The first-order valence-corrected chi connectivity index (χ1v) is 9.54. The number of hydrogen-bond acceptors (Lipinski definition) is 6. The Morgan fingerprint density at radius 3 is 2.84 bits per heavy atom. The van der Waals surface area contributed by atoms with Crippen LogP contribution in [-0.4, -0.2) is 34.0 Å². The van der Waals surface area contributed by atoms with Crippen molar-refractivity contribution in [1.29, 1.82) is 0 Å². The summed E-state index contributed by atoms with van der Waals surface area (Å²) in [5, 5.41) is 12.6. The number of thioether (sulfide) groups is 1. The van der Waals surface area contributed by atoms with Crippen molar-refractivity contribution in [1.82, 2.24) is 20.5 Å². The molecule has 3 aromatic rings. The molecule has 0 aliphatic rings. The highest BCUT2D eigenvalue weighted by Crippen LogP contribution is 2.22. The number of rotatable bonds is 7. The summed E-state index contributed by atoms with van der Waals surface area (Å²) in [6, 6.07) is 11.5. The minimum Gasteiger partial charge on any atom is -0.497 e. The fourth-order valence-electron chi connectivity index (χ4n) is 2.21. The van der Waals surface area contributed by atoms with Crippen LogP contribution in [0, 0.1) is 0 Å². The molecule has 0 saturated heterocycles. The second-order valence-corrected chi connectivity index (χ2v) is 7.21. The van der Waals surface area contributed by atoms with E-state index in [2.05, 4.69) is 20.5 Å². The third kappa shape index (κ3) is 4.61. The molecular weight excluding hydrogens is 356 g/mol. The van der Waals surface area contributed by atoms with Crippen molar-refractivity contribution in [2.24, 2.45) is 0 Å². The van der Waals surface area contributed by atoms with Gasteiger partial charge in [0.15, 0.2) is 5.82 Å². The summed E-state index contributed by atoms with van der Waals surface area (Å²) in [5.41, 5.74) is 0.913. The van der Waals surface area contributed by atoms with Crippen molar-refractivity contribution in [3.05, 3.63) is 46.7 Å². The van der Waals surface area contributed by atoms with Crippen LogP contribution in [0.5, 0.6) is 5.75 Å². The van der Waals surface area contributed by atoms with Crippen LogP contribution in [0.4, 0.5) is 0 Å². The van der Waals surface area contributed by atoms with Crippen molar-refractivity contribution in [3.63, 3.8) is 0 Å². The number of benzene rings is 1. The summed E-state index contributed by atoms with van der Waals surface area (Å²) in [7, 11) is 1.63. The molecule has 3 rings (SSSR count). The smallest absolute Gasteiger partial charge is 0.230 e. The molecule has 0 radical (unpaired) electrons. The van der Waals surface area contributed by atoms with Gasteiger partial charge in [0.1, 0.15) is 5.75 Å². The van der Waals surface area contributed by atoms with E-state index in [-0.39, 0.29) is 17.7 Å². The van der Waals surface area contributed by atoms with Crippen LogP contribution >= 0.6 is 23.1 Å². The summed E-state index contributed by atoms with van der Waals surface area (Å²) in [6.07, 6.45) is 0. The lowest BCUT2D eigenvalue weighted by molar-refractivity contribution is -0.119. The maximum Gasteiger partial charge on any atom is 0.230 e. The summed E-state index contributed by atoms with van der Waals surface area (Å²) in [4.78, 5) is 17.6. The van der Waals surface area contributed by atoms with Crippen LogP contribution in [0.15, 0.2) is 46.9 Å². The molecule has 25 heavy (non-hydrogen) atoms. The van der Waals surface area contributed by atoms with Gasteiger partial charge in [-0.05, 0) is 42.6 Å².